The van der Waals surface area contributed by atoms with E-state index in [-0.39, 0.29) is 12.6 Å². The molecule has 6 rings (SSSR count). The largest absolute Gasteiger partial charge is 0.478 e. The molecule has 6 heteroatoms. The number of ether oxygens (including phenoxy) is 4. The molecule has 0 radical (unpaired) electrons. The molecule has 4 aliphatic rings. The fourth-order valence-electron chi connectivity index (χ4n) is 4.08. The summed E-state index contributed by atoms with van der Waals surface area (Å²) in [6.07, 6.45) is 4.18. The highest BCUT2D eigenvalue weighted by atomic mass is 16.7. The number of fused-ring (bicyclic) bond motifs is 4. The second-order valence-electron chi connectivity index (χ2n) is 7.68. The lowest BCUT2D eigenvalue weighted by Crippen LogP contribution is -2.34. The van der Waals surface area contributed by atoms with Gasteiger partial charge in [0, 0.05) is 12.6 Å². The summed E-state index contributed by atoms with van der Waals surface area (Å²) in [5.41, 5.74) is 3.34. The third-order valence-corrected chi connectivity index (χ3v) is 5.71. The van der Waals surface area contributed by atoms with E-state index >= 15 is 0 Å². The minimum absolute atomic E-state index is 0.0866. The Bertz CT molecular complexity index is 1050. The third-order valence-electron chi connectivity index (χ3n) is 5.71. The zero-order valence-corrected chi connectivity index (χ0v) is 15.5. The maximum Gasteiger partial charge on any atom is 0.232 e. The number of benzene rings is 2. The van der Waals surface area contributed by atoms with Crippen molar-refractivity contribution in [3.8, 4) is 23.0 Å². The molecule has 2 aromatic rings. The van der Waals surface area contributed by atoms with Crippen molar-refractivity contribution in [1.82, 2.24) is 4.90 Å². The van der Waals surface area contributed by atoms with Crippen molar-refractivity contribution in [3.63, 3.8) is 0 Å². The van der Waals surface area contributed by atoms with Gasteiger partial charge < -0.3 is 18.9 Å². The maximum absolute atomic E-state index is 13.1. The Kier molecular flexibility index (Phi) is 3.29. The van der Waals surface area contributed by atoms with Gasteiger partial charge in [-0.1, -0.05) is 6.07 Å². The fraction of sp³-hybridized carbons (Fsp3) is 0.318. The summed E-state index contributed by atoms with van der Waals surface area (Å²) in [5, 5.41) is 0. The molecule has 0 bridgehead atoms. The summed E-state index contributed by atoms with van der Waals surface area (Å²) in [4.78, 5) is 15.4. The van der Waals surface area contributed by atoms with E-state index < -0.39 is 0 Å². The molecule has 6 nitrogen and oxygen atoms in total. The van der Waals surface area contributed by atoms with Gasteiger partial charge in [0.2, 0.25) is 12.6 Å². The van der Waals surface area contributed by atoms with Crippen LogP contribution in [0.5, 0.6) is 23.0 Å². The summed E-state index contributed by atoms with van der Waals surface area (Å²) in [6.45, 7) is 3.51. The van der Waals surface area contributed by atoms with Gasteiger partial charge in [0.25, 0.3) is 0 Å². The molecule has 142 valence electrons. The average Bonchev–Trinajstić information content (AvgIpc) is 3.35. The van der Waals surface area contributed by atoms with Crippen LogP contribution in [0.15, 0.2) is 30.0 Å². The lowest BCUT2D eigenvalue weighted by atomic mass is 9.98. The van der Waals surface area contributed by atoms with Crippen LogP contribution in [-0.2, 0) is 6.54 Å². The number of rotatable bonds is 2. The van der Waals surface area contributed by atoms with Crippen LogP contribution in [0.4, 0.5) is 0 Å². The average molecular weight is 377 g/mol. The molecule has 0 aromatic heterocycles. The Morgan fingerprint density at radius 3 is 2.79 bits per heavy atom. The van der Waals surface area contributed by atoms with Crippen LogP contribution in [0.25, 0.3) is 6.08 Å². The van der Waals surface area contributed by atoms with Gasteiger partial charge in [-0.05, 0) is 55.2 Å². The molecule has 2 aromatic carbocycles. The Morgan fingerprint density at radius 2 is 1.93 bits per heavy atom. The van der Waals surface area contributed by atoms with Crippen molar-refractivity contribution in [2.45, 2.75) is 32.4 Å². The molecule has 3 heterocycles. The van der Waals surface area contributed by atoms with Crippen LogP contribution >= 0.6 is 0 Å². The van der Waals surface area contributed by atoms with E-state index in [1.165, 1.54) is 12.8 Å². The van der Waals surface area contributed by atoms with Crippen LogP contribution in [-0.4, -0.2) is 30.2 Å². The Morgan fingerprint density at radius 1 is 1.07 bits per heavy atom. The number of nitrogens with zero attached hydrogens (tertiary/aromatic N) is 1. The molecule has 1 saturated carbocycles. The third kappa shape index (κ3) is 2.41. The van der Waals surface area contributed by atoms with E-state index in [2.05, 4.69) is 4.90 Å². The molecule has 0 amide bonds. The van der Waals surface area contributed by atoms with Gasteiger partial charge in [0.05, 0.1) is 11.1 Å². The topological polar surface area (TPSA) is 57.2 Å². The van der Waals surface area contributed by atoms with E-state index in [0.29, 0.717) is 41.3 Å². The molecule has 1 aliphatic carbocycles. The SMILES string of the molecule is Cc1cc2c(c3c1C(=O)/C(=C/c1ccc4c(c1)OCO4)O3)CN(C1CC1)CO2. The number of carbonyl (C=O) groups is 1. The standard InChI is InChI=1S/C22H19NO5/c1-12-6-17-15(9-23(10-25-17)14-3-4-14)22-20(12)21(24)19(28-22)8-13-2-5-16-18(7-13)27-11-26-16/h2,5-8,14H,3-4,9-11H2,1H3/b19-8-. The Balaban J connectivity index is 1.38. The molecule has 0 N–H and O–H groups in total. The molecular formula is C22H19NO5. The predicted octanol–water partition coefficient (Wildman–Crippen LogP) is 3.65. The van der Waals surface area contributed by atoms with Crippen LogP contribution in [0.2, 0.25) is 0 Å². The van der Waals surface area contributed by atoms with E-state index in [0.717, 1.165) is 29.0 Å². The number of hydrogen-bond acceptors (Lipinski definition) is 6. The first-order valence-electron chi connectivity index (χ1n) is 9.54. The normalized spacial score (nSPS) is 21.3. The summed E-state index contributed by atoms with van der Waals surface area (Å²) in [5.74, 6) is 3.11. The smallest absolute Gasteiger partial charge is 0.232 e. The first kappa shape index (κ1) is 16.0. The molecule has 3 aliphatic heterocycles. The number of Topliss-reactive ketones (excluding diaryl/α,β-unsaturated/α-hetero) is 1. The van der Waals surface area contributed by atoms with Crippen molar-refractivity contribution in [1.29, 1.82) is 0 Å². The Hall–Kier alpha value is -2.99. The van der Waals surface area contributed by atoms with Gasteiger partial charge in [-0.25, -0.2) is 0 Å². The second-order valence-corrected chi connectivity index (χ2v) is 7.68. The summed E-state index contributed by atoms with van der Waals surface area (Å²) < 4.78 is 22.8. The molecule has 0 atom stereocenters. The van der Waals surface area contributed by atoms with Crippen molar-refractivity contribution in [2.24, 2.45) is 0 Å². The van der Waals surface area contributed by atoms with Crippen LogP contribution in [0.3, 0.4) is 0 Å². The van der Waals surface area contributed by atoms with E-state index in [4.69, 9.17) is 18.9 Å². The predicted molar refractivity (Wildman–Crippen MR) is 101 cm³/mol. The minimum atomic E-state index is -0.0866. The van der Waals surface area contributed by atoms with Gasteiger partial charge in [-0.3, -0.25) is 9.69 Å². The molecular weight excluding hydrogens is 358 g/mol. The number of allylic oxidation sites excluding steroid dienone is 1. The second kappa shape index (κ2) is 5.75. The van der Waals surface area contributed by atoms with Gasteiger partial charge in [0.15, 0.2) is 17.3 Å². The highest BCUT2D eigenvalue weighted by Gasteiger charge is 2.38. The number of carbonyl (C=O) groups excluding carboxylic acids is 1. The fourth-order valence-corrected chi connectivity index (χ4v) is 4.08. The number of hydrogen-bond donors (Lipinski definition) is 0. The summed E-state index contributed by atoms with van der Waals surface area (Å²) >= 11 is 0. The van der Waals surface area contributed by atoms with Crippen LogP contribution < -0.4 is 18.9 Å². The van der Waals surface area contributed by atoms with E-state index in [1.54, 1.807) is 6.08 Å². The quantitative estimate of drug-likeness (QED) is 0.745. The summed E-state index contributed by atoms with van der Waals surface area (Å²) in [6, 6.07) is 8.14. The molecule has 1 fully saturated rings. The number of aryl methyl sites for hydroxylation is 1. The Labute approximate surface area is 162 Å². The summed E-state index contributed by atoms with van der Waals surface area (Å²) in [7, 11) is 0. The zero-order chi connectivity index (χ0) is 18.8. The van der Waals surface area contributed by atoms with E-state index in [1.807, 2.05) is 31.2 Å². The minimum Gasteiger partial charge on any atom is -0.478 e. The number of ketones is 1. The lowest BCUT2D eigenvalue weighted by Gasteiger charge is -2.30. The molecule has 28 heavy (non-hydrogen) atoms. The highest BCUT2D eigenvalue weighted by Crippen LogP contribution is 2.45. The van der Waals surface area contributed by atoms with Gasteiger partial charge >= 0.3 is 0 Å². The molecule has 0 spiro atoms. The highest BCUT2D eigenvalue weighted by molar-refractivity contribution is 6.15. The van der Waals surface area contributed by atoms with Crippen molar-refractivity contribution >= 4 is 11.9 Å². The first-order valence-corrected chi connectivity index (χ1v) is 9.54. The van der Waals surface area contributed by atoms with Gasteiger partial charge in [-0.2, -0.15) is 0 Å². The van der Waals surface area contributed by atoms with E-state index in [9.17, 15) is 4.79 Å². The maximum atomic E-state index is 13.1. The van der Waals surface area contributed by atoms with Crippen molar-refractivity contribution < 1.29 is 23.7 Å². The first-order chi connectivity index (χ1) is 13.7. The monoisotopic (exact) mass is 377 g/mol. The molecule has 0 saturated heterocycles. The zero-order valence-electron chi connectivity index (χ0n) is 15.5. The van der Waals surface area contributed by atoms with Crippen molar-refractivity contribution in [3.05, 3.63) is 52.3 Å². The van der Waals surface area contributed by atoms with Crippen molar-refractivity contribution in [2.75, 3.05) is 13.5 Å². The van der Waals surface area contributed by atoms with Gasteiger partial charge in [-0.15, -0.1) is 0 Å². The lowest BCUT2D eigenvalue weighted by molar-refractivity contribution is 0.0867. The van der Waals surface area contributed by atoms with Gasteiger partial charge in [0.1, 0.15) is 18.2 Å². The van der Waals surface area contributed by atoms with Crippen LogP contribution in [0.1, 0.15) is 39.9 Å². The van der Waals surface area contributed by atoms with Crippen LogP contribution in [0, 0.1) is 6.92 Å². The molecule has 0 unspecified atom stereocenters.